The highest BCUT2D eigenvalue weighted by atomic mass is 16.4. The Labute approximate surface area is 107 Å². The standard InChI is InChI=1S/C13H22N2O3/c16-11(17)13(7-8-13)9-14-12(18)15-10-5-3-1-2-4-6-10/h10H,1-9H2,(H,16,17)(H2,14,15,18). The van der Waals surface area contributed by atoms with Crippen LogP contribution in [0, 0.1) is 5.41 Å². The van der Waals surface area contributed by atoms with Crippen molar-refractivity contribution in [3.8, 4) is 0 Å². The first-order valence-corrected chi connectivity index (χ1v) is 6.90. The van der Waals surface area contributed by atoms with Crippen LogP contribution in [0.15, 0.2) is 0 Å². The molecule has 2 aliphatic rings. The number of hydrogen-bond donors (Lipinski definition) is 3. The number of aliphatic carboxylic acids is 1. The van der Waals surface area contributed by atoms with E-state index >= 15 is 0 Å². The Bertz CT molecular complexity index is 318. The van der Waals surface area contributed by atoms with Crippen molar-refractivity contribution in [3.63, 3.8) is 0 Å². The molecule has 0 aromatic rings. The predicted octanol–water partition coefficient (Wildman–Crippen LogP) is 1.87. The Morgan fingerprint density at radius 3 is 2.22 bits per heavy atom. The second kappa shape index (κ2) is 5.59. The summed E-state index contributed by atoms with van der Waals surface area (Å²) in [6.45, 7) is 0.251. The number of carbonyl (C=O) groups is 2. The van der Waals surface area contributed by atoms with Gasteiger partial charge in [0.05, 0.1) is 5.41 Å². The van der Waals surface area contributed by atoms with E-state index in [1.165, 1.54) is 25.7 Å². The zero-order chi connectivity index (χ0) is 13.0. The highest BCUT2D eigenvalue weighted by Crippen LogP contribution is 2.45. The third-order valence-electron chi connectivity index (χ3n) is 4.08. The van der Waals surface area contributed by atoms with Crippen LogP contribution in [0.2, 0.25) is 0 Å². The summed E-state index contributed by atoms with van der Waals surface area (Å²) in [4.78, 5) is 22.7. The summed E-state index contributed by atoms with van der Waals surface area (Å²) in [7, 11) is 0. The van der Waals surface area contributed by atoms with Gasteiger partial charge < -0.3 is 15.7 Å². The third kappa shape index (κ3) is 3.37. The van der Waals surface area contributed by atoms with Gasteiger partial charge in [0.1, 0.15) is 0 Å². The number of urea groups is 1. The van der Waals surface area contributed by atoms with Crippen molar-refractivity contribution in [2.45, 2.75) is 57.4 Å². The molecule has 2 aliphatic carbocycles. The summed E-state index contributed by atoms with van der Waals surface area (Å²) in [5, 5.41) is 14.7. The summed E-state index contributed by atoms with van der Waals surface area (Å²) in [5.74, 6) is -0.794. The van der Waals surface area contributed by atoms with Crippen molar-refractivity contribution >= 4 is 12.0 Å². The largest absolute Gasteiger partial charge is 0.481 e. The van der Waals surface area contributed by atoms with Gasteiger partial charge in [-0.3, -0.25) is 4.79 Å². The summed E-state index contributed by atoms with van der Waals surface area (Å²) in [6.07, 6.45) is 8.27. The van der Waals surface area contributed by atoms with Crippen molar-refractivity contribution in [1.82, 2.24) is 10.6 Å². The topological polar surface area (TPSA) is 78.4 Å². The van der Waals surface area contributed by atoms with Gasteiger partial charge >= 0.3 is 12.0 Å². The minimum absolute atomic E-state index is 0.213. The van der Waals surface area contributed by atoms with Gasteiger partial charge in [-0.15, -0.1) is 0 Å². The molecule has 2 amide bonds. The lowest BCUT2D eigenvalue weighted by atomic mass is 10.1. The summed E-state index contributed by atoms with van der Waals surface area (Å²) >= 11 is 0. The predicted molar refractivity (Wildman–Crippen MR) is 67.3 cm³/mol. The molecule has 0 radical (unpaired) electrons. The second-order valence-corrected chi connectivity index (χ2v) is 5.60. The minimum Gasteiger partial charge on any atom is -0.481 e. The molecule has 0 unspecified atom stereocenters. The number of amides is 2. The Balaban J connectivity index is 1.70. The number of carboxylic acids is 1. The number of carbonyl (C=O) groups excluding carboxylic acids is 1. The molecule has 0 aliphatic heterocycles. The molecule has 0 heterocycles. The lowest BCUT2D eigenvalue weighted by molar-refractivity contribution is -0.143. The molecular formula is C13H22N2O3. The lowest BCUT2D eigenvalue weighted by Gasteiger charge is -2.18. The summed E-state index contributed by atoms with van der Waals surface area (Å²) < 4.78 is 0. The molecular weight excluding hydrogens is 232 g/mol. The molecule has 0 spiro atoms. The third-order valence-corrected chi connectivity index (χ3v) is 4.08. The maximum atomic E-state index is 11.7. The highest BCUT2D eigenvalue weighted by molar-refractivity contribution is 5.80. The average Bonchev–Trinajstić information content (AvgIpc) is 3.12. The van der Waals surface area contributed by atoms with E-state index < -0.39 is 11.4 Å². The molecule has 2 rings (SSSR count). The van der Waals surface area contributed by atoms with Crippen LogP contribution in [0.25, 0.3) is 0 Å². The fourth-order valence-corrected chi connectivity index (χ4v) is 2.53. The average molecular weight is 254 g/mol. The van der Waals surface area contributed by atoms with Gasteiger partial charge in [-0.05, 0) is 25.7 Å². The molecule has 2 fully saturated rings. The van der Waals surface area contributed by atoms with Crippen LogP contribution in [0.1, 0.15) is 51.4 Å². The molecule has 3 N–H and O–H groups in total. The van der Waals surface area contributed by atoms with Crippen molar-refractivity contribution < 1.29 is 14.7 Å². The first-order valence-electron chi connectivity index (χ1n) is 6.90. The maximum Gasteiger partial charge on any atom is 0.315 e. The van der Waals surface area contributed by atoms with E-state index in [4.69, 9.17) is 5.11 Å². The minimum atomic E-state index is -0.794. The van der Waals surface area contributed by atoms with Gasteiger partial charge in [0.25, 0.3) is 0 Å². The van der Waals surface area contributed by atoms with Crippen molar-refractivity contribution in [1.29, 1.82) is 0 Å². The summed E-state index contributed by atoms with van der Waals surface area (Å²) in [6, 6.07) is 0.0434. The van der Waals surface area contributed by atoms with E-state index in [0.29, 0.717) is 12.8 Å². The van der Waals surface area contributed by atoms with Crippen LogP contribution in [0.4, 0.5) is 4.79 Å². The van der Waals surface area contributed by atoms with Crippen molar-refractivity contribution in [3.05, 3.63) is 0 Å². The van der Waals surface area contributed by atoms with Crippen LogP contribution in [-0.2, 0) is 4.79 Å². The van der Waals surface area contributed by atoms with Gasteiger partial charge in [-0.25, -0.2) is 4.79 Å². The quantitative estimate of drug-likeness (QED) is 0.670. The van der Waals surface area contributed by atoms with E-state index in [9.17, 15) is 9.59 Å². The Hall–Kier alpha value is -1.26. The monoisotopic (exact) mass is 254 g/mol. The molecule has 0 saturated heterocycles. The number of carboxylic acid groups (broad SMARTS) is 1. The summed E-state index contributed by atoms with van der Waals surface area (Å²) in [5.41, 5.74) is -0.680. The fourth-order valence-electron chi connectivity index (χ4n) is 2.53. The molecule has 0 atom stereocenters. The van der Waals surface area contributed by atoms with Gasteiger partial charge in [-0.2, -0.15) is 0 Å². The maximum absolute atomic E-state index is 11.7. The molecule has 102 valence electrons. The SMILES string of the molecule is O=C(NCC1(C(=O)O)CC1)NC1CCCCCC1. The van der Waals surface area contributed by atoms with Gasteiger partial charge in [0.15, 0.2) is 0 Å². The molecule has 0 bridgehead atoms. The number of nitrogens with one attached hydrogen (secondary N) is 2. The Kier molecular flexibility index (Phi) is 4.09. The molecule has 0 aromatic heterocycles. The van der Waals surface area contributed by atoms with Gasteiger partial charge in [0.2, 0.25) is 0 Å². The smallest absolute Gasteiger partial charge is 0.315 e. The van der Waals surface area contributed by atoms with E-state index in [0.717, 1.165) is 12.8 Å². The normalized spacial score (nSPS) is 22.9. The van der Waals surface area contributed by atoms with Gasteiger partial charge in [-0.1, -0.05) is 25.7 Å². The van der Waals surface area contributed by atoms with E-state index in [-0.39, 0.29) is 18.6 Å². The van der Waals surface area contributed by atoms with Crippen LogP contribution >= 0.6 is 0 Å². The highest BCUT2D eigenvalue weighted by Gasteiger charge is 2.50. The van der Waals surface area contributed by atoms with Crippen LogP contribution in [0.5, 0.6) is 0 Å². The van der Waals surface area contributed by atoms with Crippen LogP contribution in [0.3, 0.4) is 0 Å². The van der Waals surface area contributed by atoms with Crippen molar-refractivity contribution in [2.75, 3.05) is 6.54 Å². The number of rotatable bonds is 4. The van der Waals surface area contributed by atoms with E-state index in [2.05, 4.69) is 10.6 Å². The van der Waals surface area contributed by atoms with Crippen molar-refractivity contribution in [2.24, 2.45) is 5.41 Å². The van der Waals surface area contributed by atoms with Gasteiger partial charge in [0, 0.05) is 12.6 Å². The lowest BCUT2D eigenvalue weighted by Crippen LogP contribution is -2.44. The molecule has 0 aromatic carbocycles. The van der Waals surface area contributed by atoms with E-state index in [1.54, 1.807) is 0 Å². The zero-order valence-corrected chi connectivity index (χ0v) is 10.7. The molecule has 5 heteroatoms. The van der Waals surface area contributed by atoms with Crippen LogP contribution < -0.4 is 10.6 Å². The zero-order valence-electron chi connectivity index (χ0n) is 10.7. The first kappa shape index (κ1) is 13.2. The molecule has 18 heavy (non-hydrogen) atoms. The fraction of sp³-hybridized carbons (Fsp3) is 0.846. The molecule has 5 nitrogen and oxygen atoms in total. The van der Waals surface area contributed by atoms with Crippen LogP contribution in [-0.4, -0.2) is 29.7 Å². The molecule has 2 saturated carbocycles. The Morgan fingerprint density at radius 1 is 1.11 bits per heavy atom. The van der Waals surface area contributed by atoms with E-state index in [1.807, 2.05) is 0 Å². The number of hydrogen-bond acceptors (Lipinski definition) is 2. The first-order chi connectivity index (χ1) is 8.62. The Morgan fingerprint density at radius 2 is 1.72 bits per heavy atom. The second-order valence-electron chi connectivity index (χ2n) is 5.60.